The van der Waals surface area contributed by atoms with Gasteiger partial charge in [0.15, 0.2) is 0 Å². The Labute approximate surface area is 240 Å². The second-order valence-corrected chi connectivity index (χ2v) is 14.0. The lowest BCUT2D eigenvalue weighted by Crippen LogP contribution is -2.56. The third kappa shape index (κ3) is 6.59. The number of likely N-dealkylation sites (tertiary alicyclic amines) is 1. The number of pyridine rings is 1. The van der Waals surface area contributed by atoms with Crippen molar-refractivity contribution in [1.82, 2.24) is 14.2 Å². The van der Waals surface area contributed by atoms with Crippen molar-refractivity contribution >= 4 is 45.1 Å². The van der Waals surface area contributed by atoms with Crippen LogP contribution in [0.2, 0.25) is 10.0 Å². The van der Waals surface area contributed by atoms with Crippen molar-refractivity contribution in [2.75, 3.05) is 13.6 Å². The van der Waals surface area contributed by atoms with Crippen molar-refractivity contribution < 1.29 is 23.1 Å². The summed E-state index contributed by atoms with van der Waals surface area (Å²) in [6, 6.07) is 8.26. The molecule has 39 heavy (non-hydrogen) atoms. The van der Waals surface area contributed by atoms with Crippen LogP contribution in [0.1, 0.15) is 69.0 Å². The van der Waals surface area contributed by atoms with Crippen molar-refractivity contribution in [2.24, 2.45) is 11.8 Å². The number of benzene rings is 1. The van der Waals surface area contributed by atoms with Gasteiger partial charge in [-0.25, -0.2) is 12.7 Å². The van der Waals surface area contributed by atoms with Crippen LogP contribution in [0.5, 0.6) is 0 Å². The Morgan fingerprint density at radius 3 is 2.38 bits per heavy atom. The number of nitrogens with zero attached hydrogens (tertiary/aromatic N) is 3. The normalized spacial score (nSPS) is 23.6. The van der Waals surface area contributed by atoms with Crippen molar-refractivity contribution in [3.05, 3.63) is 63.9 Å². The molecule has 1 N–H and O–H groups in total. The Kier molecular flexibility index (Phi) is 9.26. The monoisotopic (exact) mass is 595 g/mol. The third-order valence-electron chi connectivity index (χ3n) is 8.02. The highest BCUT2D eigenvalue weighted by Gasteiger charge is 2.48. The van der Waals surface area contributed by atoms with E-state index in [1.54, 1.807) is 43.4 Å². The zero-order chi connectivity index (χ0) is 28.5. The molecule has 11 heteroatoms. The molecule has 2 aliphatic rings. The number of hydrogen-bond acceptors (Lipinski definition) is 5. The number of carboxylic acids is 1. The number of amides is 1. The highest BCUT2D eigenvalue weighted by molar-refractivity contribution is 7.90. The summed E-state index contributed by atoms with van der Waals surface area (Å²) < 4.78 is 27.4. The van der Waals surface area contributed by atoms with E-state index in [9.17, 15) is 23.1 Å². The predicted molar refractivity (Wildman–Crippen MR) is 151 cm³/mol. The number of carbonyl (C=O) groups is 2. The minimum atomic E-state index is -3.46. The Hall–Kier alpha value is -2.20. The average molecular weight is 597 g/mol. The van der Waals surface area contributed by atoms with Crippen LogP contribution in [0.3, 0.4) is 0 Å². The number of halogens is 2. The molecule has 212 valence electrons. The number of rotatable bonds is 11. The number of carboxylic acid groups (broad SMARTS) is 1. The van der Waals surface area contributed by atoms with Gasteiger partial charge < -0.3 is 10.0 Å². The molecule has 1 amide bonds. The van der Waals surface area contributed by atoms with E-state index in [0.29, 0.717) is 35.7 Å². The number of piperidine rings is 1. The Morgan fingerprint density at radius 2 is 1.82 bits per heavy atom. The van der Waals surface area contributed by atoms with Gasteiger partial charge in [-0.3, -0.25) is 14.6 Å². The van der Waals surface area contributed by atoms with Gasteiger partial charge >= 0.3 is 5.97 Å². The summed E-state index contributed by atoms with van der Waals surface area (Å²) in [5.41, 5.74) is 1.69. The fourth-order valence-electron chi connectivity index (χ4n) is 5.76. The van der Waals surface area contributed by atoms with Gasteiger partial charge in [-0.15, -0.1) is 0 Å². The molecule has 1 aliphatic carbocycles. The molecule has 2 fully saturated rings. The Morgan fingerprint density at radius 1 is 1.15 bits per heavy atom. The minimum absolute atomic E-state index is 0.145. The van der Waals surface area contributed by atoms with Crippen LogP contribution in [0.25, 0.3) is 0 Å². The van der Waals surface area contributed by atoms with Crippen molar-refractivity contribution in [3.63, 3.8) is 0 Å². The molecule has 8 nitrogen and oxygen atoms in total. The lowest BCUT2D eigenvalue weighted by molar-refractivity contribution is -0.150. The van der Waals surface area contributed by atoms with Crippen LogP contribution in [0.4, 0.5) is 0 Å². The first-order valence-electron chi connectivity index (χ1n) is 13.3. The molecule has 5 atom stereocenters. The zero-order valence-electron chi connectivity index (χ0n) is 22.3. The van der Waals surface area contributed by atoms with Crippen molar-refractivity contribution in [1.29, 1.82) is 0 Å². The fraction of sp³-hybridized carbons (Fsp3) is 0.536. The quantitative estimate of drug-likeness (QED) is 0.374. The molecule has 1 aliphatic heterocycles. The fourth-order valence-corrected chi connectivity index (χ4v) is 7.69. The molecule has 2 unspecified atom stereocenters. The van der Waals surface area contributed by atoms with Crippen LogP contribution in [-0.4, -0.2) is 64.5 Å². The van der Waals surface area contributed by atoms with E-state index in [1.807, 2.05) is 25.1 Å². The summed E-state index contributed by atoms with van der Waals surface area (Å²) in [6.45, 7) is 3.87. The molecule has 2 aromatic rings. The van der Waals surface area contributed by atoms with Gasteiger partial charge in [0.2, 0.25) is 15.9 Å². The number of hydrogen-bond donors (Lipinski definition) is 1. The van der Waals surface area contributed by atoms with Crippen LogP contribution in [0.15, 0.2) is 42.7 Å². The first-order valence-corrected chi connectivity index (χ1v) is 15.5. The van der Waals surface area contributed by atoms with Gasteiger partial charge in [0.1, 0.15) is 0 Å². The van der Waals surface area contributed by atoms with Crippen LogP contribution < -0.4 is 0 Å². The molecular weight excluding hydrogens is 561 g/mol. The first-order chi connectivity index (χ1) is 18.4. The number of aromatic nitrogens is 1. The van der Waals surface area contributed by atoms with Crippen molar-refractivity contribution in [3.8, 4) is 0 Å². The van der Waals surface area contributed by atoms with Crippen molar-refractivity contribution in [2.45, 2.75) is 69.2 Å². The average Bonchev–Trinajstić information content (AvgIpc) is 3.73. The topological polar surface area (TPSA) is 108 Å². The second-order valence-electron chi connectivity index (χ2n) is 10.8. The molecule has 0 bridgehead atoms. The first kappa shape index (κ1) is 29.8. The van der Waals surface area contributed by atoms with Crippen LogP contribution >= 0.6 is 23.2 Å². The molecule has 1 saturated carbocycles. The van der Waals surface area contributed by atoms with E-state index in [1.165, 1.54) is 4.31 Å². The summed E-state index contributed by atoms with van der Waals surface area (Å²) >= 11 is 12.6. The highest BCUT2D eigenvalue weighted by atomic mass is 35.5. The summed E-state index contributed by atoms with van der Waals surface area (Å²) in [6.07, 6.45) is 5.36. The van der Waals surface area contributed by atoms with E-state index in [-0.39, 0.29) is 30.0 Å². The molecule has 4 rings (SSSR count). The Bertz CT molecular complexity index is 1300. The number of likely N-dealkylation sites (N-methyl/N-ethyl adjacent to an activating group) is 1. The predicted octanol–water partition coefficient (Wildman–Crippen LogP) is 5.38. The number of sulfonamides is 1. The van der Waals surface area contributed by atoms with Gasteiger partial charge in [0, 0.05) is 55.3 Å². The molecule has 1 aromatic carbocycles. The Balaban J connectivity index is 1.83. The van der Waals surface area contributed by atoms with Gasteiger partial charge in [-0.05, 0) is 60.9 Å². The lowest BCUT2D eigenvalue weighted by atomic mass is 9.71. The molecule has 1 saturated heterocycles. The summed E-state index contributed by atoms with van der Waals surface area (Å²) in [7, 11) is -1.88. The van der Waals surface area contributed by atoms with Gasteiger partial charge in [0.05, 0.1) is 16.3 Å². The summed E-state index contributed by atoms with van der Waals surface area (Å²) in [5.74, 6) is -2.39. The molecule has 1 aromatic heterocycles. The van der Waals surface area contributed by atoms with Crippen LogP contribution in [-0.2, 0) is 19.6 Å². The summed E-state index contributed by atoms with van der Waals surface area (Å²) in [5, 5.41) is 10.2. The maximum absolute atomic E-state index is 14.3. The van der Waals surface area contributed by atoms with E-state index in [2.05, 4.69) is 4.98 Å². The SMILES string of the molecule is CC[C@@H](CN(C)S(=O)(=O)C1CC1)N1C(=O)C(C(C)CC(=O)O)C[C@@H](c2cncc(Cl)c2)[C@@H]1c1ccc(Cl)cc1. The van der Waals surface area contributed by atoms with E-state index in [4.69, 9.17) is 23.2 Å². The van der Waals surface area contributed by atoms with Gasteiger partial charge in [-0.1, -0.05) is 49.2 Å². The van der Waals surface area contributed by atoms with E-state index < -0.39 is 39.9 Å². The smallest absolute Gasteiger partial charge is 0.303 e. The van der Waals surface area contributed by atoms with Gasteiger partial charge in [-0.2, -0.15) is 0 Å². The second kappa shape index (κ2) is 12.1. The van der Waals surface area contributed by atoms with Gasteiger partial charge in [0.25, 0.3) is 0 Å². The highest BCUT2D eigenvalue weighted by Crippen LogP contribution is 2.49. The maximum atomic E-state index is 14.3. The number of aliphatic carboxylic acids is 1. The number of carbonyl (C=O) groups excluding carboxylic acids is 1. The largest absolute Gasteiger partial charge is 0.481 e. The zero-order valence-corrected chi connectivity index (χ0v) is 24.7. The third-order valence-corrected chi connectivity index (χ3v) is 10.8. The van der Waals surface area contributed by atoms with E-state index in [0.717, 1.165) is 11.1 Å². The molecule has 0 radical (unpaired) electrons. The molecule has 0 spiro atoms. The van der Waals surface area contributed by atoms with Crippen LogP contribution in [0, 0.1) is 11.8 Å². The molecule has 2 heterocycles. The van der Waals surface area contributed by atoms with E-state index >= 15 is 0 Å². The standard InChI is InChI=1S/C28H35Cl2N3O5S/c1-4-22(16-32(3)39(37,38)23-9-10-23)33-27(18-5-7-20(29)8-6-18)25(19-12-21(30)15-31-14-19)13-24(28(33)36)17(2)11-26(34)35/h5-8,12,14-15,17,22-25,27H,4,9-11,13,16H2,1-3H3,(H,34,35)/t17?,22-,24?,25-,27-/m0/s1. The molecular formula is C28H35Cl2N3O5S. The minimum Gasteiger partial charge on any atom is -0.481 e. The summed E-state index contributed by atoms with van der Waals surface area (Å²) in [4.78, 5) is 32.1. The maximum Gasteiger partial charge on any atom is 0.303 e. The lowest BCUT2D eigenvalue weighted by Gasteiger charge is -2.50.